The molecule has 25 heavy (non-hydrogen) atoms. The monoisotopic (exact) mass is 430 g/mol. The van der Waals surface area contributed by atoms with Gasteiger partial charge in [-0.25, -0.2) is 0 Å². The molecule has 2 aliphatic rings. The SMILES string of the molecule is Cl.NC(C(=O)NCC1(c2ccc(Br)cc2)CCCC1)C1CCOCC1. The predicted octanol–water partition coefficient (Wildman–Crippen LogP) is 3.55. The van der Waals surface area contributed by atoms with Crippen LogP contribution in [0.25, 0.3) is 0 Å². The number of hydrogen-bond acceptors (Lipinski definition) is 3. The molecule has 1 aliphatic carbocycles. The van der Waals surface area contributed by atoms with Crippen LogP contribution in [0.4, 0.5) is 0 Å². The Bertz CT molecular complexity index is 555. The highest BCUT2D eigenvalue weighted by Gasteiger charge is 2.36. The van der Waals surface area contributed by atoms with Crippen molar-refractivity contribution < 1.29 is 9.53 Å². The van der Waals surface area contributed by atoms with E-state index in [2.05, 4.69) is 45.5 Å². The standard InChI is InChI=1S/C19H27BrN2O2.ClH/c20-16-5-3-15(4-6-16)19(9-1-2-10-19)13-22-18(23)17(21)14-7-11-24-12-8-14;/h3-6,14,17H,1-2,7-13,21H2,(H,22,23);1H. The third-order valence-corrected chi connectivity index (χ3v) is 6.22. The lowest BCUT2D eigenvalue weighted by atomic mass is 9.78. The summed E-state index contributed by atoms with van der Waals surface area (Å²) in [4.78, 5) is 12.5. The van der Waals surface area contributed by atoms with Crippen LogP contribution in [-0.4, -0.2) is 31.7 Å². The summed E-state index contributed by atoms with van der Waals surface area (Å²) in [5.41, 5.74) is 7.59. The van der Waals surface area contributed by atoms with E-state index >= 15 is 0 Å². The molecule has 6 heteroatoms. The molecule has 1 aromatic carbocycles. The van der Waals surface area contributed by atoms with E-state index in [0.717, 1.165) is 30.2 Å². The Hall–Kier alpha value is -0.620. The molecule has 4 nitrogen and oxygen atoms in total. The van der Waals surface area contributed by atoms with Crippen LogP contribution in [0.5, 0.6) is 0 Å². The number of benzene rings is 1. The summed E-state index contributed by atoms with van der Waals surface area (Å²) in [6, 6.07) is 8.12. The minimum atomic E-state index is -0.419. The second-order valence-electron chi connectivity index (χ2n) is 7.19. The number of carbonyl (C=O) groups is 1. The average molecular weight is 432 g/mol. The summed E-state index contributed by atoms with van der Waals surface area (Å²) >= 11 is 3.50. The first-order chi connectivity index (χ1) is 11.6. The van der Waals surface area contributed by atoms with Crippen molar-refractivity contribution in [1.29, 1.82) is 0 Å². The fourth-order valence-electron chi connectivity index (χ4n) is 4.09. The van der Waals surface area contributed by atoms with Gasteiger partial charge >= 0.3 is 0 Å². The van der Waals surface area contributed by atoms with Gasteiger partial charge in [0.25, 0.3) is 0 Å². The predicted molar refractivity (Wildman–Crippen MR) is 106 cm³/mol. The summed E-state index contributed by atoms with van der Waals surface area (Å²) in [6.07, 6.45) is 6.46. The van der Waals surface area contributed by atoms with E-state index in [-0.39, 0.29) is 29.6 Å². The molecule has 140 valence electrons. The highest BCUT2D eigenvalue weighted by molar-refractivity contribution is 9.10. The fourth-order valence-corrected chi connectivity index (χ4v) is 4.35. The van der Waals surface area contributed by atoms with Gasteiger partial charge in [-0.3, -0.25) is 4.79 Å². The van der Waals surface area contributed by atoms with E-state index in [1.807, 2.05) is 0 Å². The van der Waals surface area contributed by atoms with Crippen LogP contribution < -0.4 is 11.1 Å². The number of halogens is 2. The Balaban J connectivity index is 0.00000225. The number of carbonyl (C=O) groups excluding carboxylic acids is 1. The molecule has 0 aromatic heterocycles. The lowest BCUT2D eigenvalue weighted by Gasteiger charge is -2.32. The molecule has 1 unspecified atom stereocenters. The number of nitrogens with one attached hydrogen (secondary N) is 1. The topological polar surface area (TPSA) is 64.4 Å². The Labute approximate surface area is 164 Å². The molecule has 1 aliphatic heterocycles. The van der Waals surface area contributed by atoms with Crippen LogP contribution in [0.1, 0.15) is 44.1 Å². The normalized spacial score (nSPS) is 21.4. The highest BCUT2D eigenvalue weighted by atomic mass is 79.9. The molecule has 2 fully saturated rings. The van der Waals surface area contributed by atoms with Gasteiger partial charge in [-0.05, 0) is 49.3 Å². The zero-order valence-corrected chi connectivity index (χ0v) is 16.9. The Kier molecular flexibility index (Phi) is 7.74. The van der Waals surface area contributed by atoms with Crippen molar-refractivity contribution in [1.82, 2.24) is 5.32 Å². The Morgan fingerprint density at radius 2 is 1.84 bits per heavy atom. The maximum Gasteiger partial charge on any atom is 0.237 e. The Morgan fingerprint density at radius 1 is 1.24 bits per heavy atom. The van der Waals surface area contributed by atoms with Gasteiger partial charge in [0.2, 0.25) is 5.91 Å². The first-order valence-corrected chi connectivity index (χ1v) is 9.77. The maximum atomic E-state index is 12.5. The second kappa shape index (κ2) is 9.36. The molecule has 1 saturated carbocycles. The minimum Gasteiger partial charge on any atom is -0.381 e. The lowest BCUT2D eigenvalue weighted by molar-refractivity contribution is -0.124. The van der Waals surface area contributed by atoms with Gasteiger partial charge in [0.15, 0.2) is 0 Å². The number of rotatable bonds is 5. The summed E-state index contributed by atoms with van der Waals surface area (Å²) in [7, 11) is 0. The number of amides is 1. The molecular formula is C19H28BrClN2O2. The fraction of sp³-hybridized carbons (Fsp3) is 0.632. The molecule has 1 aromatic rings. The van der Waals surface area contributed by atoms with E-state index in [0.29, 0.717) is 19.8 Å². The van der Waals surface area contributed by atoms with Crippen molar-refractivity contribution in [3.8, 4) is 0 Å². The van der Waals surface area contributed by atoms with Crippen molar-refractivity contribution in [3.05, 3.63) is 34.3 Å². The number of nitrogens with two attached hydrogens (primary N) is 1. The maximum absolute atomic E-state index is 12.5. The van der Waals surface area contributed by atoms with Gasteiger partial charge in [0.1, 0.15) is 0 Å². The van der Waals surface area contributed by atoms with E-state index in [1.54, 1.807) is 0 Å². The van der Waals surface area contributed by atoms with Gasteiger partial charge in [-0.15, -0.1) is 12.4 Å². The van der Waals surface area contributed by atoms with Gasteiger partial charge < -0.3 is 15.8 Å². The van der Waals surface area contributed by atoms with E-state index in [4.69, 9.17) is 10.5 Å². The second-order valence-corrected chi connectivity index (χ2v) is 8.10. The largest absolute Gasteiger partial charge is 0.381 e. The molecule has 1 saturated heterocycles. The molecule has 0 radical (unpaired) electrons. The van der Waals surface area contributed by atoms with Crippen LogP contribution in [0.3, 0.4) is 0 Å². The molecule has 0 spiro atoms. The summed E-state index contributed by atoms with van der Waals surface area (Å²) < 4.78 is 6.45. The quantitative estimate of drug-likeness (QED) is 0.749. The first kappa shape index (κ1) is 20.7. The first-order valence-electron chi connectivity index (χ1n) is 8.98. The summed E-state index contributed by atoms with van der Waals surface area (Å²) in [5, 5.41) is 3.16. The van der Waals surface area contributed by atoms with E-state index in [1.165, 1.54) is 18.4 Å². The van der Waals surface area contributed by atoms with Crippen molar-refractivity contribution >= 4 is 34.2 Å². The number of hydrogen-bond donors (Lipinski definition) is 2. The van der Waals surface area contributed by atoms with E-state index < -0.39 is 6.04 Å². The van der Waals surface area contributed by atoms with Crippen LogP contribution >= 0.6 is 28.3 Å². The van der Waals surface area contributed by atoms with Crippen molar-refractivity contribution in [3.63, 3.8) is 0 Å². The van der Waals surface area contributed by atoms with Crippen LogP contribution in [0.15, 0.2) is 28.7 Å². The van der Waals surface area contributed by atoms with Gasteiger partial charge in [-0.1, -0.05) is 40.9 Å². The van der Waals surface area contributed by atoms with Crippen LogP contribution in [0, 0.1) is 5.92 Å². The third kappa shape index (κ3) is 4.97. The van der Waals surface area contributed by atoms with Gasteiger partial charge in [0, 0.05) is 29.6 Å². The summed E-state index contributed by atoms with van der Waals surface area (Å²) in [6.45, 7) is 2.12. The molecule has 3 N–H and O–H groups in total. The molecule has 1 atom stereocenters. The zero-order valence-electron chi connectivity index (χ0n) is 14.5. The number of ether oxygens (including phenoxy) is 1. The molecule has 1 heterocycles. The highest BCUT2D eigenvalue weighted by Crippen LogP contribution is 2.41. The molecule has 1 amide bonds. The Morgan fingerprint density at radius 3 is 2.44 bits per heavy atom. The van der Waals surface area contributed by atoms with Crippen LogP contribution in [-0.2, 0) is 14.9 Å². The zero-order chi connectivity index (χ0) is 17.0. The van der Waals surface area contributed by atoms with E-state index in [9.17, 15) is 4.79 Å². The third-order valence-electron chi connectivity index (χ3n) is 5.69. The molecular weight excluding hydrogens is 404 g/mol. The van der Waals surface area contributed by atoms with Gasteiger partial charge in [0.05, 0.1) is 6.04 Å². The summed E-state index contributed by atoms with van der Waals surface area (Å²) in [5.74, 6) is 0.233. The smallest absolute Gasteiger partial charge is 0.237 e. The van der Waals surface area contributed by atoms with Crippen molar-refractivity contribution in [2.75, 3.05) is 19.8 Å². The molecule has 3 rings (SSSR count). The average Bonchev–Trinajstić information content (AvgIpc) is 3.10. The van der Waals surface area contributed by atoms with Crippen molar-refractivity contribution in [2.24, 2.45) is 11.7 Å². The van der Waals surface area contributed by atoms with Gasteiger partial charge in [-0.2, -0.15) is 0 Å². The molecule has 0 bridgehead atoms. The van der Waals surface area contributed by atoms with Crippen molar-refractivity contribution in [2.45, 2.75) is 50.0 Å². The minimum absolute atomic E-state index is 0. The lowest BCUT2D eigenvalue weighted by Crippen LogP contribution is -2.50. The van der Waals surface area contributed by atoms with Crippen LogP contribution in [0.2, 0.25) is 0 Å².